The van der Waals surface area contributed by atoms with E-state index in [1.54, 1.807) is 7.11 Å². The van der Waals surface area contributed by atoms with Crippen LogP contribution in [0.15, 0.2) is 12.1 Å². The fourth-order valence-corrected chi connectivity index (χ4v) is 2.30. The number of hydrogen-bond acceptors (Lipinski definition) is 3. The van der Waals surface area contributed by atoms with Gasteiger partial charge in [0.2, 0.25) is 0 Å². The van der Waals surface area contributed by atoms with Gasteiger partial charge in [-0.1, -0.05) is 11.6 Å². The summed E-state index contributed by atoms with van der Waals surface area (Å²) >= 11 is 6.12. The number of anilines is 1. The van der Waals surface area contributed by atoms with E-state index >= 15 is 0 Å². The molecule has 0 amide bonds. The molecule has 1 aliphatic heterocycles. The molecule has 0 spiro atoms. The summed E-state index contributed by atoms with van der Waals surface area (Å²) in [6.45, 7) is 6.21. The van der Waals surface area contributed by atoms with Gasteiger partial charge in [-0.3, -0.25) is 0 Å². The van der Waals surface area contributed by atoms with Gasteiger partial charge in [0.05, 0.1) is 12.8 Å². The topological polar surface area (TPSA) is 24.5 Å². The van der Waals surface area contributed by atoms with Crippen LogP contribution >= 0.6 is 11.6 Å². The van der Waals surface area contributed by atoms with Crippen molar-refractivity contribution < 1.29 is 4.74 Å². The van der Waals surface area contributed by atoms with Crippen LogP contribution in [-0.4, -0.2) is 33.3 Å². The summed E-state index contributed by atoms with van der Waals surface area (Å²) < 4.78 is 5.43. The van der Waals surface area contributed by atoms with Gasteiger partial charge >= 0.3 is 0 Å². The Hall–Kier alpha value is -0.930. The van der Waals surface area contributed by atoms with E-state index in [1.165, 1.54) is 0 Å². The van der Waals surface area contributed by atoms with E-state index in [2.05, 4.69) is 16.3 Å². The second kappa shape index (κ2) is 5.61. The minimum atomic E-state index is 0.763. The lowest BCUT2D eigenvalue weighted by Crippen LogP contribution is -2.28. The molecule has 1 fully saturated rings. The van der Waals surface area contributed by atoms with Crippen LogP contribution in [0.25, 0.3) is 0 Å². The molecule has 1 aromatic carbocycles. The Balaban J connectivity index is 2.31. The van der Waals surface area contributed by atoms with Gasteiger partial charge in [0.25, 0.3) is 0 Å². The fraction of sp³-hybridized carbons (Fsp3) is 0.538. The number of nitrogens with one attached hydrogen (secondary N) is 1. The molecule has 0 radical (unpaired) electrons. The average Bonchev–Trinajstić information content (AvgIpc) is 2.60. The highest BCUT2D eigenvalue weighted by atomic mass is 35.5. The number of ether oxygens (including phenoxy) is 1. The smallest absolute Gasteiger partial charge is 0.143 e. The first-order valence-corrected chi connectivity index (χ1v) is 6.40. The normalized spacial score (nSPS) is 16.8. The molecule has 3 nitrogen and oxygen atoms in total. The van der Waals surface area contributed by atoms with Crippen LogP contribution in [0.3, 0.4) is 0 Å². The third-order valence-electron chi connectivity index (χ3n) is 3.14. The van der Waals surface area contributed by atoms with E-state index in [4.69, 9.17) is 16.3 Å². The van der Waals surface area contributed by atoms with Crippen molar-refractivity contribution in [3.63, 3.8) is 0 Å². The second-order valence-corrected chi connectivity index (χ2v) is 4.77. The summed E-state index contributed by atoms with van der Waals surface area (Å²) in [5.41, 5.74) is 2.25. The van der Waals surface area contributed by atoms with Crippen molar-refractivity contribution in [3.05, 3.63) is 22.7 Å². The predicted molar refractivity (Wildman–Crippen MR) is 72.4 cm³/mol. The number of aryl methyl sites for hydroxylation is 1. The molecule has 1 aromatic rings. The van der Waals surface area contributed by atoms with Crippen molar-refractivity contribution in [3.8, 4) is 5.75 Å². The summed E-state index contributed by atoms with van der Waals surface area (Å²) in [6.07, 6.45) is 1.16. The van der Waals surface area contributed by atoms with Crippen LogP contribution in [0.4, 0.5) is 5.69 Å². The van der Waals surface area contributed by atoms with Gasteiger partial charge in [0, 0.05) is 30.7 Å². The zero-order valence-corrected chi connectivity index (χ0v) is 11.2. The van der Waals surface area contributed by atoms with Crippen LogP contribution < -0.4 is 15.0 Å². The van der Waals surface area contributed by atoms with Crippen molar-refractivity contribution in [1.82, 2.24) is 5.32 Å². The quantitative estimate of drug-likeness (QED) is 0.878. The molecule has 1 heterocycles. The number of rotatable bonds is 2. The van der Waals surface area contributed by atoms with E-state index in [0.717, 1.165) is 54.6 Å². The Bertz CT molecular complexity index is 387. The molecule has 0 saturated carbocycles. The Kier molecular flexibility index (Phi) is 4.13. The third-order valence-corrected chi connectivity index (χ3v) is 3.55. The lowest BCUT2D eigenvalue weighted by Gasteiger charge is -2.25. The maximum absolute atomic E-state index is 6.12. The zero-order chi connectivity index (χ0) is 12.3. The highest BCUT2D eigenvalue weighted by Gasteiger charge is 2.15. The molecule has 4 heteroatoms. The molecule has 0 aromatic heterocycles. The summed E-state index contributed by atoms with van der Waals surface area (Å²) in [6, 6.07) is 4.02. The molecule has 2 rings (SSSR count). The average molecular weight is 255 g/mol. The predicted octanol–water partition coefficient (Wildman–Crippen LogP) is 2.46. The first-order valence-electron chi connectivity index (χ1n) is 6.02. The van der Waals surface area contributed by atoms with Crippen LogP contribution in [0.5, 0.6) is 5.75 Å². The minimum Gasteiger partial charge on any atom is -0.495 e. The van der Waals surface area contributed by atoms with Gasteiger partial charge in [0.15, 0.2) is 0 Å². The number of nitrogens with zero attached hydrogens (tertiary/aromatic N) is 1. The first-order chi connectivity index (χ1) is 8.22. The van der Waals surface area contributed by atoms with Crippen molar-refractivity contribution >= 4 is 17.3 Å². The van der Waals surface area contributed by atoms with E-state index in [0.29, 0.717) is 0 Å². The van der Waals surface area contributed by atoms with Gasteiger partial charge in [-0.05, 0) is 31.5 Å². The van der Waals surface area contributed by atoms with E-state index < -0.39 is 0 Å². The van der Waals surface area contributed by atoms with Gasteiger partial charge in [-0.2, -0.15) is 0 Å². The lowest BCUT2D eigenvalue weighted by molar-refractivity contribution is 0.414. The summed E-state index contributed by atoms with van der Waals surface area (Å²) in [5.74, 6) is 0.863. The number of hydrogen-bond donors (Lipinski definition) is 1. The molecule has 0 atom stereocenters. The van der Waals surface area contributed by atoms with Crippen molar-refractivity contribution in [2.75, 3.05) is 38.2 Å². The van der Waals surface area contributed by atoms with Crippen molar-refractivity contribution in [2.45, 2.75) is 13.3 Å². The molecular formula is C13H19ClN2O. The molecule has 0 aliphatic carbocycles. The van der Waals surface area contributed by atoms with Crippen LogP contribution in [-0.2, 0) is 0 Å². The molecule has 0 bridgehead atoms. The largest absolute Gasteiger partial charge is 0.495 e. The van der Waals surface area contributed by atoms with Crippen LogP contribution in [0.2, 0.25) is 5.02 Å². The van der Waals surface area contributed by atoms with Gasteiger partial charge < -0.3 is 15.0 Å². The van der Waals surface area contributed by atoms with Crippen LogP contribution in [0.1, 0.15) is 12.0 Å². The first kappa shape index (κ1) is 12.5. The van der Waals surface area contributed by atoms with Crippen LogP contribution in [0, 0.1) is 6.92 Å². The summed E-state index contributed by atoms with van der Waals surface area (Å²) in [7, 11) is 1.70. The Morgan fingerprint density at radius 2 is 2.12 bits per heavy atom. The highest BCUT2D eigenvalue weighted by Crippen LogP contribution is 2.33. The monoisotopic (exact) mass is 254 g/mol. The number of benzene rings is 1. The second-order valence-electron chi connectivity index (χ2n) is 4.36. The number of methoxy groups -OCH3 is 1. The molecule has 1 N–H and O–H groups in total. The molecule has 1 saturated heterocycles. The fourth-order valence-electron chi connectivity index (χ4n) is 2.15. The van der Waals surface area contributed by atoms with Gasteiger partial charge in [-0.15, -0.1) is 0 Å². The van der Waals surface area contributed by atoms with E-state index in [-0.39, 0.29) is 0 Å². The maximum atomic E-state index is 6.12. The zero-order valence-electron chi connectivity index (χ0n) is 10.4. The maximum Gasteiger partial charge on any atom is 0.143 e. The Labute approximate surface area is 108 Å². The molecule has 17 heavy (non-hydrogen) atoms. The number of halogens is 1. The third kappa shape index (κ3) is 2.85. The van der Waals surface area contributed by atoms with Crippen molar-refractivity contribution in [2.24, 2.45) is 0 Å². The molecule has 1 aliphatic rings. The molecular weight excluding hydrogens is 236 g/mol. The van der Waals surface area contributed by atoms with Crippen molar-refractivity contribution in [1.29, 1.82) is 0 Å². The lowest BCUT2D eigenvalue weighted by atomic mass is 10.2. The van der Waals surface area contributed by atoms with E-state index in [1.807, 2.05) is 13.0 Å². The highest BCUT2D eigenvalue weighted by molar-refractivity contribution is 6.31. The standard InChI is InChI=1S/C13H19ClN2O/c1-10-8-12(13(17-2)9-11(10)14)16-6-3-4-15-5-7-16/h8-9,15H,3-7H2,1-2H3. The van der Waals surface area contributed by atoms with Gasteiger partial charge in [0.1, 0.15) is 5.75 Å². The van der Waals surface area contributed by atoms with Gasteiger partial charge in [-0.25, -0.2) is 0 Å². The minimum absolute atomic E-state index is 0.763. The summed E-state index contributed by atoms with van der Waals surface area (Å²) in [5, 5.41) is 4.16. The Morgan fingerprint density at radius 3 is 2.88 bits per heavy atom. The Morgan fingerprint density at radius 1 is 1.29 bits per heavy atom. The SMILES string of the molecule is COc1cc(Cl)c(C)cc1N1CCCNCC1. The van der Waals surface area contributed by atoms with E-state index in [9.17, 15) is 0 Å². The summed E-state index contributed by atoms with van der Waals surface area (Å²) in [4.78, 5) is 2.36. The molecule has 0 unspecified atom stereocenters. The molecule has 94 valence electrons.